The highest BCUT2D eigenvalue weighted by molar-refractivity contribution is 6.23. The molecule has 1 heterocycles. The van der Waals surface area contributed by atoms with Gasteiger partial charge in [0.05, 0.1) is 11.1 Å². The minimum absolute atomic E-state index is 0.232. The quantitative estimate of drug-likeness (QED) is 0.654. The lowest BCUT2D eigenvalue weighted by Crippen LogP contribution is -2.34. The molecule has 0 atom stereocenters. The molecule has 1 aromatic carbocycles. The second-order valence-corrected chi connectivity index (χ2v) is 5.46. The van der Waals surface area contributed by atoms with E-state index >= 15 is 0 Å². The Hall–Kier alpha value is -1.88. The summed E-state index contributed by atoms with van der Waals surface area (Å²) in [5.74, 6) is -0.500. The Kier molecular flexibility index (Phi) is 4.09. The Balaban J connectivity index is 2.04. The van der Waals surface area contributed by atoms with Crippen LogP contribution in [0.1, 0.15) is 41.0 Å². The summed E-state index contributed by atoms with van der Waals surface area (Å²) in [7, 11) is 2.03. The molecule has 0 aliphatic carbocycles. The van der Waals surface area contributed by atoms with E-state index in [0.29, 0.717) is 29.4 Å². The molecule has 5 heteroatoms. The van der Waals surface area contributed by atoms with Crippen molar-refractivity contribution >= 4 is 17.5 Å². The highest BCUT2D eigenvalue weighted by Gasteiger charge is 2.36. The number of imide groups is 1. The summed E-state index contributed by atoms with van der Waals surface area (Å²) in [5.41, 5.74) is 6.95. The fourth-order valence-corrected chi connectivity index (χ4v) is 2.30. The minimum atomic E-state index is -0.268. The van der Waals surface area contributed by atoms with Gasteiger partial charge in [0.1, 0.15) is 0 Å². The number of hydrogen-bond donors (Lipinski definition) is 1. The van der Waals surface area contributed by atoms with E-state index in [1.807, 2.05) is 7.05 Å². The van der Waals surface area contributed by atoms with E-state index in [2.05, 4.69) is 18.7 Å². The standard InChI is InChI=1S/C15H21N3O2/c1-10(2)17(3)8-5-9-18-14(19)11-6-4-7-12(16)13(11)15(18)20/h4,6-7,10H,5,8-9,16H2,1-3H3. The van der Waals surface area contributed by atoms with Crippen LogP contribution in [0, 0.1) is 0 Å². The van der Waals surface area contributed by atoms with Crippen molar-refractivity contribution in [1.82, 2.24) is 9.80 Å². The molecule has 1 aliphatic rings. The van der Waals surface area contributed by atoms with Gasteiger partial charge in [-0.25, -0.2) is 0 Å². The first-order valence-electron chi connectivity index (χ1n) is 6.88. The van der Waals surface area contributed by atoms with Gasteiger partial charge in [0.15, 0.2) is 0 Å². The van der Waals surface area contributed by atoms with Crippen LogP contribution < -0.4 is 5.73 Å². The number of anilines is 1. The topological polar surface area (TPSA) is 66.6 Å². The number of fused-ring (bicyclic) bond motifs is 1. The summed E-state index contributed by atoms with van der Waals surface area (Å²) < 4.78 is 0. The zero-order chi connectivity index (χ0) is 14.9. The van der Waals surface area contributed by atoms with Gasteiger partial charge in [-0.3, -0.25) is 14.5 Å². The lowest BCUT2D eigenvalue weighted by Gasteiger charge is -2.22. The average molecular weight is 275 g/mol. The van der Waals surface area contributed by atoms with Crippen LogP contribution in [0.5, 0.6) is 0 Å². The van der Waals surface area contributed by atoms with E-state index in [9.17, 15) is 9.59 Å². The van der Waals surface area contributed by atoms with Gasteiger partial charge in [-0.05, 0) is 46.0 Å². The maximum absolute atomic E-state index is 12.2. The minimum Gasteiger partial charge on any atom is -0.398 e. The summed E-state index contributed by atoms with van der Waals surface area (Å²) in [5, 5.41) is 0. The lowest BCUT2D eigenvalue weighted by atomic mass is 10.1. The second kappa shape index (κ2) is 5.63. The third kappa shape index (κ3) is 2.54. The third-order valence-corrected chi connectivity index (χ3v) is 3.81. The van der Waals surface area contributed by atoms with E-state index < -0.39 is 0 Å². The molecule has 0 fully saturated rings. The molecule has 0 bridgehead atoms. The van der Waals surface area contributed by atoms with Crippen molar-refractivity contribution in [3.63, 3.8) is 0 Å². The first kappa shape index (κ1) is 14.5. The Labute approximate surface area is 119 Å². The lowest BCUT2D eigenvalue weighted by molar-refractivity contribution is 0.0647. The zero-order valence-corrected chi connectivity index (χ0v) is 12.2. The third-order valence-electron chi connectivity index (χ3n) is 3.81. The van der Waals surface area contributed by atoms with Crippen LogP contribution in [0.2, 0.25) is 0 Å². The predicted molar refractivity (Wildman–Crippen MR) is 78.6 cm³/mol. The van der Waals surface area contributed by atoms with Crippen molar-refractivity contribution in [2.75, 3.05) is 25.9 Å². The fourth-order valence-electron chi connectivity index (χ4n) is 2.30. The summed E-state index contributed by atoms with van der Waals surface area (Å²) in [6.45, 7) is 5.51. The van der Waals surface area contributed by atoms with Gasteiger partial charge in [-0.2, -0.15) is 0 Å². The molecule has 0 spiro atoms. The number of amides is 2. The monoisotopic (exact) mass is 275 g/mol. The fraction of sp³-hybridized carbons (Fsp3) is 0.467. The molecule has 20 heavy (non-hydrogen) atoms. The van der Waals surface area contributed by atoms with Gasteiger partial charge in [0.2, 0.25) is 0 Å². The van der Waals surface area contributed by atoms with Crippen LogP contribution in [0.4, 0.5) is 5.69 Å². The van der Waals surface area contributed by atoms with Crippen molar-refractivity contribution in [1.29, 1.82) is 0 Å². The van der Waals surface area contributed by atoms with E-state index in [0.717, 1.165) is 13.0 Å². The molecule has 0 saturated heterocycles. The molecule has 0 unspecified atom stereocenters. The van der Waals surface area contributed by atoms with Crippen molar-refractivity contribution in [3.8, 4) is 0 Å². The highest BCUT2D eigenvalue weighted by atomic mass is 16.2. The molecule has 108 valence electrons. The number of carbonyl (C=O) groups excluding carboxylic acids is 2. The maximum atomic E-state index is 12.2. The second-order valence-electron chi connectivity index (χ2n) is 5.46. The van der Waals surface area contributed by atoms with Crippen LogP contribution in [0.15, 0.2) is 18.2 Å². The maximum Gasteiger partial charge on any atom is 0.263 e. The average Bonchev–Trinajstić information content (AvgIpc) is 2.64. The van der Waals surface area contributed by atoms with Crippen molar-refractivity contribution in [2.24, 2.45) is 0 Å². The Bertz CT molecular complexity index is 540. The molecule has 0 aromatic heterocycles. The van der Waals surface area contributed by atoms with Gasteiger partial charge in [-0.15, -0.1) is 0 Å². The molecule has 5 nitrogen and oxygen atoms in total. The van der Waals surface area contributed by atoms with E-state index in [1.54, 1.807) is 18.2 Å². The Morgan fingerprint density at radius 3 is 2.55 bits per heavy atom. The van der Waals surface area contributed by atoms with E-state index in [4.69, 9.17) is 5.73 Å². The molecular formula is C15H21N3O2. The van der Waals surface area contributed by atoms with E-state index in [-0.39, 0.29) is 11.8 Å². The largest absolute Gasteiger partial charge is 0.398 e. The Morgan fingerprint density at radius 1 is 1.25 bits per heavy atom. The number of rotatable bonds is 5. The molecule has 1 aliphatic heterocycles. The van der Waals surface area contributed by atoms with Crippen LogP contribution in [-0.2, 0) is 0 Å². The molecule has 2 rings (SSSR count). The van der Waals surface area contributed by atoms with Crippen molar-refractivity contribution in [3.05, 3.63) is 29.3 Å². The summed E-state index contributed by atoms with van der Waals surface area (Å²) in [6.07, 6.45) is 0.764. The van der Waals surface area contributed by atoms with Gasteiger partial charge >= 0.3 is 0 Å². The number of carbonyl (C=O) groups is 2. The number of hydrogen-bond acceptors (Lipinski definition) is 4. The van der Waals surface area contributed by atoms with Crippen LogP contribution in [0.3, 0.4) is 0 Å². The van der Waals surface area contributed by atoms with Crippen molar-refractivity contribution in [2.45, 2.75) is 26.3 Å². The normalized spacial score (nSPS) is 14.6. The zero-order valence-electron chi connectivity index (χ0n) is 12.2. The number of nitrogen functional groups attached to an aromatic ring is 1. The Morgan fingerprint density at radius 2 is 1.95 bits per heavy atom. The molecule has 0 saturated carbocycles. The first-order valence-corrected chi connectivity index (χ1v) is 6.88. The smallest absolute Gasteiger partial charge is 0.263 e. The SMILES string of the molecule is CC(C)N(C)CCCN1C(=O)c2cccc(N)c2C1=O. The highest BCUT2D eigenvalue weighted by Crippen LogP contribution is 2.27. The van der Waals surface area contributed by atoms with E-state index in [1.165, 1.54) is 4.90 Å². The number of nitrogens with zero attached hydrogens (tertiary/aromatic N) is 2. The van der Waals surface area contributed by atoms with Crippen LogP contribution in [0.25, 0.3) is 0 Å². The molecule has 2 N–H and O–H groups in total. The van der Waals surface area contributed by atoms with Crippen LogP contribution >= 0.6 is 0 Å². The number of nitrogens with two attached hydrogens (primary N) is 1. The van der Waals surface area contributed by atoms with Crippen LogP contribution in [-0.4, -0.2) is 47.8 Å². The molecule has 2 amide bonds. The van der Waals surface area contributed by atoms with Gasteiger partial charge in [0.25, 0.3) is 11.8 Å². The van der Waals surface area contributed by atoms with Gasteiger partial charge in [-0.1, -0.05) is 6.07 Å². The molecular weight excluding hydrogens is 254 g/mol. The molecule has 1 aromatic rings. The van der Waals surface area contributed by atoms with Crippen molar-refractivity contribution < 1.29 is 9.59 Å². The van der Waals surface area contributed by atoms with Gasteiger partial charge < -0.3 is 10.6 Å². The number of benzene rings is 1. The molecule has 0 radical (unpaired) electrons. The summed E-state index contributed by atoms with van der Waals surface area (Å²) in [6, 6.07) is 5.47. The first-order chi connectivity index (χ1) is 9.43. The van der Waals surface area contributed by atoms with Gasteiger partial charge in [0, 0.05) is 18.3 Å². The summed E-state index contributed by atoms with van der Waals surface area (Å²) >= 11 is 0. The summed E-state index contributed by atoms with van der Waals surface area (Å²) in [4.78, 5) is 27.9. The predicted octanol–water partition coefficient (Wildman–Crippen LogP) is 1.60.